The van der Waals surface area contributed by atoms with Crippen molar-refractivity contribution >= 4 is 11.6 Å². The average molecular weight is 203 g/mol. The van der Waals surface area contributed by atoms with E-state index in [0.29, 0.717) is 5.92 Å². The third kappa shape index (κ3) is 1.98. The molecule has 0 saturated heterocycles. The van der Waals surface area contributed by atoms with E-state index in [1.165, 1.54) is 12.8 Å². The van der Waals surface area contributed by atoms with Gasteiger partial charge in [-0.2, -0.15) is 0 Å². The third-order valence-corrected chi connectivity index (χ3v) is 2.83. The van der Waals surface area contributed by atoms with Crippen molar-refractivity contribution in [3.8, 4) is 0 Å². The minimum atomic E-state index is 0.109. The number of carbonyl (C=O) groups is 1. The van der Waals surface area contributed by atoms with E-state index in [0.717, 1.165) is 24.4 Å². The maximum atomic E-state index is 11.4. The van der Waals surface area contributed by atoms with Crippen LogP contribution in [0.4, 0.5) is 5.69 Å². The molecular formula is C11H13N3O. The number of rotatable bonds is 3. The zero-order valence-corrected chi connectivity index (χ0v) is 8.44. The van der Waals surface area contributed by atoms with E-state index < -0.39 is 0 Å². The van der Waals surface area contributed by atoms with Gasteiger partial charge >= 0.3 is 0 Å². The lowest BCUT2D eigenvalue weighted by Gasteiger charge is -2.03. The van der Waals surface area contributed by atoms with E-state index in [1.54, 1.807) is 12.4 Å². The highest BCUT2D eigenvalue weighted by Gasteiger charge is 2.30. The van der Waals surface area contributed by atoms with E-state index in [4.69, 9.17) is 0 Å². The Morgan fingerprint density at radius 1 is 1.20 bits per heavy atom. The molecule has 1 heterocycles. The first-order valence-electron chi connectivity index (χ1n) is 5.46. The van der Waals surface area contributed by atoms with Gasteiger partial charge in [-0.1, -0.05) is 0 Å². The molecule has 1 aromatic rings. The largest absolute Gasteiger partial charge is 0.323 e. The van der Waals surface area contributed by atoms with Crippen LogP contribution in [-0.4, -0.2) is 15.9 Å². The number of hydrogen-bond acceptors (Lipinski definition) is 3. The fraction of sp³-hybridized carbons (Fsp3) is 0.545. The molecule has 4 heteroatoms. The van der Waals surface area contributed by atoms with E-state index in [-0.39, 0.29) is 11.8 Å². The topological polar surface area (TPSA) is 54.9 Å². The van der Waals surface area contributed by atoms with Gasteiger partial charge in [-0.3, -0.25) is 4.79 Å². The van der Waals surface area contributed by atoms with Crippen molar-refractivity contribution in [2.24, 2.45) is 5.92 Å². The standard InChI is InChI=1S/C11H13N3O/c15-11(8-3-4-8)14-9-5-12-10(13-6-9)7-1-2-7/h5-8H,1-4H2,(H,14,15). The lowest BCUT2D eigenvalue weighted by atomic mass is 10.3. The van der Waals surface area contributed by atoms with E-state index >= 15 is 0 Å². The minimum Gasteiger partial charge on any atom is -0.323 e. The molecule has 4 nitrogen and oxygen atoms in total. The number of anilines is 1. The molecule has 78 valence electrons. The second kappa shape index (κ2) is 3.29. The molecule has 2 fully saturated rings. The van der Waals surface area contributed by atoms with Crippen molar-refractivity contribution in [1.29, 1.82) is 0 Å². The molecule has 1 amide bonds. The molecule has 0 atom stereocenters. The van der Waals surface area contributed by atoms with Crippen molar-refractivity contribution < 1.29 is 4.79 Å². The first kappa shape index (κ1) is 8.83. The molecular weight excluding hydrogens is 190 g/mol. The lowest BCUT2D eigenvalue weighted by Crippen LogP contribution is -2.13. The Balaban J connectivity index is 1.66. The molecule has 0 aliphatic heterocycles. The number of nitrogens with one attached hydrogen (secondary N) is 1. The average Bonchev–Trinajstić information content (AvgIpc) is 3.11. The van der Waals surface area contributed by atoms with Crippen LogP contribution in [0.15, 0.2) is 12.4 Å². The van der Waals surface area contributed by atoms with Gasteiger partial charge < -0.3 is 5.32 Å². The maximum absolute atomic E-state index is 11.4. The quantitative estimate of drug-likeness (QED) is 0.813. The van der Waals surface area contributed by atoms with Crippen LogP contribution in [0.3, 0.4) is 0 Å². The first-order chi connectivity index (χ1) is 7.33. The number of hydrogen-bond donors (Lipinski definition) is 1. The molecule has 3 rings (SSSR count). The molecule has 15 heavy (non-hydrogen) atoms. The maximum Gasteiger partial charge on any atom is 0.227 e. The summed E-state index contributed by atoms with van der Waals surface area (Å²) >= 11 is 0. The second-order valence-corrected chi connectivity index (χ2v) is 4.37. The van der Waals surface area contributed by atoms with Gasteiger partial charge in [0.1, 0.15) is 5.82 Å². The van der Waals surface area contributed by atoms with E-state index in [9.17, 15) is 4.79 Å². The summed E-state index contributed by atoms with van der Waals surface area (Å²) in [6.07, 6.45) is 7.86. The molecule has 0 spiro atoms. The van der Waals surface area contributed by atoms with Gasteiger partial charge in [0.05, 0.1) is 18.1 Å². The molecule has 2 aliphatic rings. The third-order valence-electron chi connectivity index (χ3n) is 2.83. The van der Waals surface area contributed by atoms with Crippen molar-refractivity contribution in [2.75, 3.05) is 5.32 Å². The number of carbonyl (C=O) groups excluding carboxylic acids is 1. The van der Waals surface area contributed by atoms with Gasteiger partial charge in [-0.05, 0) is 25.7 Å². The van der Waals surface area contributed by atoms with Gasteiger partial charge in [-0.25, -0.2) is 9.97 Å². The normalized spacial score (nSPS) is 20.0. The highest BCUT2D eigenvalue weighted by molar-refractivity contribution is 5.93. The Hall–Kier alpha value is -1.45. The zero-order valence-electron chi connectivity index (χ0n) is 8.44. The second-order valence-electron chi connectivity index (χ2n) is 4.37. The van der Waals surface area contributed by atoms with Gasteiger partial charge in [0.15, 0.2) is 0 Å². The lowest BCUT2D eigenvalue weighted by molar-refractivity contribution is -0.117. The molecule has 2 aliphatic carbocycles. The fourth-order valence-electron chi connectivity index (χ4n) is 1.54. The van der Waals surface area contributed by atoms with Gasteiger partial charge in [0, 0.05) is 11.8 Å². The van der Waals surface area contributed by atoms with Crippen molar-refractivity contribution in [1.82, 2.24) is 9.97 Å². The number of aromatic nitrogens is 2. The smallest absolute Gasteiger partial charge is 0.227 e. The van der Waals surface area contributed by atoms with Gasteiger partial charge in [-0.15, -0.1) is 0 Å². The Kier molecular flexibility index (Phi) is 1.94. The first-order valence-corrected chi connectivity index (χ1v) is 5.46. The van der Waals surface area contributed by atoms with Crippen molar-refractivity contribution in [2.45, 2.75) is 31.6 Å². The summed E-state index contributed by atoms with van der Waals surface area (Å²) in [5, 5.41) is 2.83. The molecule has 0 radical (unpaired) electrons. The number of amides is 1. The summed E-state index contributed by atoms with van der Waals surface area (Å²) in [5.74, 6) is 1.82. The molecule has 0 bridgehead atoms. The molecule has 1 N–H and O–H groups in total. The van der Waals surface area contributed by atoms with Crippen LogP contribution in [0.5, 0.6) is 0 Å². The van der Waals surface area contributed by atoms with Crippen LogP contribution < -0.4 is 5.32 Å². The minimum absolute atomic E-state index is 0.109. The summed E-state index contributed by atoms with van der Waals surface area (Å²) in [7, 11) is 0. The van der Waals surface area contributed by atoms with Crippen molar-refractivity contribution in [3.63, 3.8) is 0 Å². The van der Waals surface area contributed by atoms with Crippen molar-refractivity contribution in [3.05, 3.63) is 18.2 Å². The van der Waals surface area contributed by atoms with Crippen LogP contribution in [0, 0.1) is 5.92 Å². The highest BCUT2D eigenvalue weighted by Crippen LogP contribution is 2.37. The van der Waals surface area contributed by atoms with Crippen LogP contribution in [-0.2, 0) is 4.79 Å². The molecule has 0 aromatic carbocycles. The SMILES string of the molecule is O=C(Nc1cnc(C2CC2)nc1)C1CC1. The molecule has 0 unspecified atom stereocenters. The monoisotopic (exact) mass is 203 g/mol. The Labute approximate surface area is 88.1 Å². The van der Waals surface area contributed by atoms with Gasteiger partial charge in [0.25, 0.3) is 0 Å². The van der Waals surface area contributed by atoms with E-state index in [2.05, 4.69) is 15.3 Å². The fourth-order valence-corrected chi connectivity index (χ4v) is 1.54. The Morgan fingerprint density at radius 3 is 2.40 bits per heavy atom. The summed E-state index contributed by atoms with van der Waals surface area (Å²) in [4.78, 5) is 19.9. The Morgan fingerprint density at radius 2 is 1.87 bits per heavy atom. The van der Waals surface area contributed by atoms with E-state index in [1.807, 2.05) is 0 Å². The Bertz CT molecular complexity index is 379. The van der Waals surface area contributed by atoms with Crippen LogP contribution in [0.25, 0.3) is 0 Å². The summed E-state index contributed by atoms with van der Waals surface area (Å²) in [6.45, 7) is 0. The molecule has 1 aromatic heterocycles. The van der Waals surface area contributed by atoms with Crippen LogP contribution >= 0.6 is 0 Å². The zero-order chi connectivity index (χ0) is 10.3. The predicted octanol–water partition coefficient (Wildman–Crippen LogP) is 1.70. The van der Waals surface area contributed by atoms with Crippen LogP contribution in [0.2, 0.25) is 0 Å². The van der Waals surface area contributed by atoms with Crippen LogP contribution in [0.1, 0.15) is 37.4 Å². The predicted molar refractivity (Wildman–Crippen MR) is 55.4 cm³/mol. The number of nitrogens with zero attached hydrogens (tertiary/aromatic N) is 2. The van der Waals surface area contributed by atoms with Gasteiger partial charge in [0.2, 0.25) is 5.91 Å². The summed E-state index contributed by atoms with van der Waals surface area (Å²) in [5.41, 5.74) is 0.719. The summed E-state index contributed by atoms with van der Waals surface area (Å²) < 4.78 is 0. The summed E-state index contributed by atoms with van der Waals surface area (Å²) in [6, 6.07) is 0. The molecule has 2 saturated carbocycles. The highest BCUT2D eigenvalue weighted by atomic mass is 16.2.